The topological polar surface area (TPSA) is 120 Å². The van der Waals surface area contributed by atoms with Crippen molar-refractivity contribution in [1.82, 2.24) is 19.9 Å². The maximum atomic E-state index is 12.8. The maximum absolute atomic E-state index is 12.8. The standard InChI is InChI=1S/C22H19N5O4S/c28-20(26-21-23-9-11-32-21)15-5-3-6-16-18(15)25-19(24-16)14-4-1-2-7-17(14)31-13-8-10-27(12-13)22(29)30/h1-7,9,11,13H,8,10,12H2,(H,24,25)(H,29,30)(H,23,26,28). The third kappa shape index (κ3) is 3.87. The lowest BCUT2D eigenvalue weighted by Gasteiger charge is -2.16. The number of H-pyrrole nitrogens is 1. The molecule has 1 aliphatic rings. The molecule has 0 radical (unpaired) electrons. The van der Waals surface area contributed by atoms with Gasteiger partial charge in [0.15, 0.2) is 5.13 Å². The van der Waals surface area contributed by atoms with Gasteiger partial charge in [0.2, 0.25) is 0 Å². The molecule has 3 N–H and O–H groups in total. The number of aromatic nitrogens is 3. The molecule has 1 saturated heterocycles. The number of nitrogens with one attached hydrogen (secondary N) is 2. The fraction of sp³-hybridized carbons (Fsp3) is 0.182. The zero-order chi connectivity index (χ0) is 22.1. The molecule has 2 amide bonds. The second-order valence-corrected chi connectivity index (χ2v) is 8.23. The lowest BCUT2D eigenvalue weighted by Crippen LogP contribution is -2.29. The van der Waals surface area contributed by atoms with Crippen LogP contribution in [0, 0.1) is 0 Å². The Morgan fingerprint density at radius 1 is 1.22 bits per heavy atom. The van der Waals surface area contributed by atoms with E-state index in [4.69, 9.17) is 9.72 Å². The minimum absolute atomic E-state index is 0.226. The number of ether oxygens (including phenoxy) is 1. The largest absolute Gasteiger partial charge is 0.488 e. The summed E-state index contributed by atoms with van der Waals surface area (Å²) in [7, 11) is 0. The number of thiazole rings is 1. The predicted octanol–water partition coefficient (Wildman–Crippen LogP) is 4.07. The van der Waals surface area contributed by atoms with Crippen molar-refractivity contribution in [1.29, 1.82) is 0 Å². The van der Waals surface area contributed by atoms with Crippen molar-refractivity contribution in [2.45, 2.75) is 12.5 Å². The molecule has 2 aromatic heterocycles. The van der Waals surface area contributed by atoms with Crippen molar-refractivity contribution in [2.75, 3.05) is 18.4 Å². The number of para-hydroxylation sites is 2. The number of hydrogen-bond acceptors (Lipinski definition) is 6. The van der Waals surface area contributed by atoms with Gasteiger partial charge >= 0.3 is 6.09 Å². The maximum Gasteiger partial charge on any atom is 0.407 e. The summed E-state index contributed by atoms with van der Waals surface area (Å²) in [4.78, 5) is 37.4. The fourth-order valence-electron chi connectivity index (χ4n) is 3.74. The lowest BCUT2D eigenvalue weighted by atomic mass is 10.1. The number of imidazole rings is 1. The van der Waals surface area contributed by atoms with E-state index < -0.39 is 6.09 Å². The van der Waals surface area contributed by atoms with Crippen LogP contribution in [0.3, 0.4) is 0 Å². The molecule has 0 aliphatic carbocycles. The van der Waals surface area contributed by atoms with Gasteiger partial charge in [-0.3, -0.25) is 10.1 Å². The molecule has 1 atom stereocenters. The summed E-state index contributed by atoms with van der Waals surface area (Å²) in [6.45, 7) is 0.773. The number of hydrogen-bond donors (Lipinski definition) is 3. The first-order valence-corrected chi connectivity index (χ1v) is 10.9. The molecular weight excluding hydrogens is 430 g/mol. The SMILES string of the molecule is O=C(Nc1nccs1)c1cccc2[nH]c(-c3ccccc3OC3CCN(C(=O)O)C3)nc12. The van der Waals surface area contributed by atoms with Crippen molar-refractivity contribution >= 4 is 39.5 Å². The number of carboxylic acid groups (broad SMARTS) is 1. The predicted molar refractivity (Wildman–Crippen MR) is 120 cm³/mol. The molecular formula is C22H19N5O4S. The van der Waals surface area contributed by atoms with E-state index in [0.29, 0.717) is 47.3 Å². The van der Waals surface area contributed by atoms with Gasteiger partial charge in [0.1, 0.15) is 23.2 Å². The van der Waals surface area contributed by atoms with Gasteiger partial charge in [-0.2, -0.15) is 0 Å². The van der Waals surface area contributed by atoms with E-state index in [0.717, 1.165) is 11.1 Å². The number of aromatic amines is 1. The normalized spacial score (nSPS) is 15.8. The molecule has 4 aromatic rings. The van der Waals surface area contributed by atoms with Crippen LogP contribution < -0.4 is 10.1 Å². The summed E-state index contributed by atoms with van der Waals surface area (Å²) in [6, 6.07) is 12.8. The van der Waals surface area contributed by atoms with Crippen molar-refractivity contribution in [2.24, 2.45) is 0 Å². The first-order valence-electron chi connectivity index (χ1n) is 10.0. The zero-order valence-corrected chi connectivity index (χ0v) is 17.6. The lowest BCUT2D eigenvalue weighted by molar-refractivity contribution is 0.102. The van der Waals surface area contributed by atoms with Gasteiger partial charge in [0.05, 0.1) is 23.2 Å². The van der Waals surface area contributed by atoms with E-state index in [1.165, 1.54) is 16.2 Å². The van der Waals surface area contributed by atoms with Crippen LogP contribution in [0.1, 0.15) is 16.8 Å². The summed E-state index contributed by atoms with van der Waals surface area (Å²) >= 11 is 1.34. The van der Waals surface area contributed by atoms with E-state index in [-0.39, 0.29) is 12.0 Å². The Labute approximate surface area is 186 Å². The van der Waals surface area contributed by atoms with E-state index in [1.54, 1.807) is 23.7 Å². The average molecular weight is 449 g/mol. The number of carbonyl (C=O) groups excluding carboxylic acids is 1. The van der Waals surface area contributed by atoms with Crippen LogP contribution >= 0.6 is 11.3 Å². The molecule has 1 aliphatic heterocycles. The molecule has 32 heavy (non-hydrogen) atoms. The fourth-order valence-corrected chi connectivity index (χ4v) is 4.26. The van der Waals surface area contributed by atoms with E-state index in [2.05, 4.69) is 15.3 Å². The summed E-state index contributed by atoms with van der Waals surface area (Å²) < 4.78 is 6.13. The molecule has 162 valence electrons. The van der Waals surface area contributed by atoms with Crippen molar-refractivity contribution < 1.29 is 19.4 Å². The Balaban J connectivity index is 1.44. The summed E-state index contributed by atoms with van der Waals surface area (Å²) in [5.74, 6) is 0.892. The second-order valence-electron chi connectivity index (χ2n) is 7.33. The van der Waals surface area contributed by atoms with Crippen LogP contribution in [0.4, 0.5) is 9.93 Å². The molecule has 0 spiro atoms. The van der Waals surface area contributed by atoms with Crippen LogP contribution in [0.2, 0.25) is 0 Å². The number of carbonyl (C=O) groups is 2. The first-order chi connectivity index (χ1) is 15.6. The highest BCUT2D eigenvalue weighted by atomic mass is 32.1. The van der Waals surface area contributed by atoms with Crippen molar-refractivity contribution in [3.8, 4) is 17.1 Å². The van der Waals surface area contributed by atoms with Gasteiger partial charge in [-0.15, -0.1) is 11.3 Å². The Kier molecular flexibility index (Phi) is 5.20. The number of likely N-dealkylation sites (tertiary alicyclic amines) is 1. The van der Waals surface area contributed by atoms with Gasteiger partial charge in [0, 0.05) is 24.5 Å². The van der Waals surface area contributed by atoms with Gasteiger partial charge in [-0.05, 0) is 24.3 Å². The quantitative estimate of drug-likeness (QED) is 0.422. The van der Waals surface area contributed by atoms with Gasteiger partial charge < -0.3 is 19.7 Å². The Morgan fingerprint density at radius 2 is 2.09 bits per heavy atom. The molecule has 0 saturated carbocycles. The van der Waals surface area contributed by atoms with Crippen LogP contribution in [0.25, 0.3) is 22.4 Å². The third-order valence-corrected chi connectivity index (χ3v) is 5.95. The monoisotopic (exact) mass is 449 g/mol. The average Bonchev–Trinajstić information content (AvgIpc) is 3.54. The third-order valence-electron chi connectivity index (χ3n) is 5.26. The number of nitrogens with zero attached hydrogens (tertiary/aromatic N) is 3. The molecule has 9 nitrogen and oxygen atoms in total. The molecule has 1 unspecified atom stereocenters. The molecule has 0 bridgehead atoms. The van der Waals surface area contributed by atoms with E-state index >= 15 is 0 Å². The minimum Gasteiger partial charge on any atom is -0.488 e. The number of rotatable bonds is 5. The number of anilines is 1. The smallest absolute Gasteiger partial charge is 0.407 e. The summed E-state index contributed by atoms with van der Waals surface area (Å²) in [6.07, 6.45) is 1.09. The van der Waals surface area contributed by atoms with Gasteiger partial charge in [-0.1, -0.05) is 18.2 Å². The highest BCUT2D eigenvalue weighted by Gasteiger charge is 2.28. The highest BCUT2D eigenvalue weighted by Crippen LogP contribution is 2.32. The van der Waals surface area contributed by atoms with E-state index in [9.17, 15) is 14.7 Å². The minimum atomic E-state index is -0.940. The molecule has 3 heterocycles. The van der Waals surface area contributed by atoms with Crippen LogP contribution in [-0.4, -0.2) is 56.2 Å². The number of amides is 2. The zero-order valence-electron chi connectivity index (χ0n) is 16.8. The molecule has 2 aromatic carbocycles. The molecule has 5 rings (SSSR count). The van der Waals surface area contributed by atoms with Crippen molar-refractivity contribution in [3.63, 3.8) is 0 Å². The van der Waals surface area contributed by atoms with Crippen LogP contribution in [0.15, 0.2) is 54.0 Å². The summed E-state index contributed by atoms with van der Waals surface area (Å²) in [5, 5.41) is 14.3. The highest BCUT2D eigenvalue weighted by molar-refractivity contribution is 7.13. The first kappa shape index (κ1) is 20.0. The summed E-state index contributed by atoms with van der Waals surface area (Å²) in [5.41, 5.74) is 2.44. The van der Waals surface area contributed by atoms with Crippen LogP contribution in [0.5, 0.6) is 5.75 Å². The van der Waals surface area contributed by atoms with Crippen molar-refractivity contribution in [3.05, 3.63) is 59.6 Å². The Morgan fingerprint density at radius 3 is 2.88 bits per heavy atom. The molecule has 1 fully saturated rings. The van der Waals surface area contributed by atoms with Gasteiger partial charge in [0.25, 0.3) is 5.91 Å². The number of benzene rings is 2. The number of fused-ring (bicyclic) bond motifs is 1. The Bertz CT molecular complexity index is 1290. The Hall–Kier alpha value is -3.92. The van der Waals surface area contributed by atoms with Gasteiger partial charge in [-0.25, -0.2) is 14.8 Å². The van der Waals surface area contributed by atoms with Crippen LogP contribution in [-0.2, 0) is 0 Å². The second kappa shape index (κ2) is 8.31. The van der Waals surface area contributed by atoms with E-state index in [1.807, 2.05) is 30.3 Å². The molecule has 10 heteroatoms.